The molecule has 0 unspecified atom stereocenters. The van der Waals surface area contributed by atoms with Crippen LogP contribution in [0.5, 0.6) is 0 Å². The molecule has 0 aliphatic heterocycles. The number of anilines is 1. The van der Waals surface area contributed by atoms with Gasteiger partial charge in [-0.2, -0.15) is 5.10 Å². The zero-order valence-electron chi connectivity index (χ0n) is 13.4. The second-order valence-corrected chi connectivity index (χ2v) is 5.62. The van der Waals surface area contributed by atoms with E-state index in [0.717, 1.165) is 41.4 Å². The molecule has 0 aliphatic rings. The molecule has 0 amide bonds. The van der Waals surface area contributed by atoms with Gasteiger partial charge in [0.15, 0.2) is 5.82 Å². The third kappa shape index (κ3) is 2.65. The van der Waals surface area contributed by atoms with Gasteiger partial charge in [-0.15, -0.1) is 0 Å². The molecule has 0 spiro atoms. The average Bonchev–Trinajstić information content (AvgIpc) is 3.28. The van der Waals surface area contributed by atoms with E-state index in [0.29, 0.717) is 0 Å². The van der Waals surface area contributed by atoms with Crippen molar-refractivity contribution in [2.24, 2.45) is 0 Å². The third-order valence-corrected chi connectivity index (χ3v) is 4.12. The highest BCUT2D eigenvalue weighted by atomic mass is 16.3. The van der Waals surface area contributed by atoms with E-state index in [2.05, 4.69) is 39.6 Å². The molecule has 0 atom stereocenters. The van der Waals surface area contributed by atoms with Gasteiger partial charge < -0.3 is 9.73 Å². The van der Waals surface area contributed by atoms with Crippen molar-refractivity contribution in [1.82, 2.24) is 15.2 Å². The van der Waals surface area contributed by atoms with Gasteiger partial charge in [-0.3, -0.25) is 5.10 Å². The Kier molecular flexibility index (Phi) is 3.75. The van der Waals surface area contributed by atoms with E-state index in [1.807, 2.05) is 36.4 Å². The molecule has 4 aromatic rings. The molecule has 4 rings (SSSR count). The quantitative estimate of drug-likeness (QED) is 0.572. The molecule has 120 valence electrons. The van der Waals surface area contributed by atoms with E-state index in [-0.39, 0.29) is 0 Å². The summed E-state index contributed by atoms with van der Waals surface area (Å²) in [6.45, 7) is 2.84. The molecule has 2 aromatic heterocycles. The Balaban J connectivity index is 1.60. The van der Waals surface area contributed by atoms with E-state index >= 15 is 0 Å². The number of aromatic nitrogens is 3. The molecule has 0 saturated heterocycles. The van der Waals surface area contributed by atoms with Crippen LogP contribution in [0.3, 0.4) is 0 Å². The van der Waals surface area contributed by atoms with Gasteiger partial charge in [0.2, 0.25) is 0 Å². The maximum absolute atomic E-state index is 5.96. The molecule has 24 heavy (non-hydrogen) atoms. The first-order valence-electron chi connectivity index (χ1n) is 8.04. The SMILES string of the molecule is CCc1oc2ccccc2c1CNc1cccc(-c2ncn[nH]2)c1. The number of furan rings is 1. The van der Waals surface area contributed by atoms with Crippen LogP contribution in [0.4, 0.5) is 5.69 Å². The second kappa shape index (κ2) is 6.20. The Morgan fingerprint density at radius 3 is 2.88 bits per heavy atom. The van der Waals surface area contributed by atoms with E-state index in [1.165, 1.54) is 17.3 Å². The minimum atomic E-state index is 0.722. The van der Waals surface area contributed by atoms with Crippen molar-refractivity contribution >= 4 is 16.7 Å². The molecule has 2 aromatic carbocycles. The number of para-hydroxylation sites is 1. The second-order valence-electron chi connectivity index (χ2n) is 5.62. The maximum Gasteiger partial charge on any atom is 0.155 e. The minimum absolute atomic E-state index is 0.722. The fourth-order valence-corrected chi connectivity index (χ4v) is 2.94. The molecule has 2 heterocycles. The highest BCUT2D eigenvalue weighted by molar-refractivity contribution is 5.82. The number of nitrogens with zero attached hydrogens (tertiary/aromatic N) is 2. The largest absolute Gasteiger partial charge is 0.461 e. The van der Waals surface area contributed by atoms with Crippen molar-refractivity contribution < 1.29 is 4.42 Å². The lowest BCUT2D eigenvalue weighted by Crippen LogP contribution is -2.01. The van der Waals surface area contributed by atoms with Gasteiger partial charge in [0.05, 0.1) is 0 Å². The summed E-state index contributed by atoms with van der Waals surface area (Å²) in [7, 11) is 0. The van der Waals surface area contributed by atoms with E-state index in [1.54, 1.807) is 0 Å². The Hall–Kier alpha value is -3.08. The van der Waals surface area contributed by atoms with Crippen LogP contribution in [0.2, 0.25) is 0 Å². The first-order chi connectivity index (χ1) is 11.8. The number of hydrogen-bond donors (Lipinski definition) is 2. The van der Waals surface area contributed by atoms with E-state index in [9.17, 15) is 0 Å². The summed E-state index contributed by atoms with van der Waals surface area (Å²) in [5, 5.41) is 11.5. The highest BCUT2D eigenvalue weighted by Crippen LogP contribution is 2.27. The number of fused-ring (bicyclic) bond motifs is 1. The minimum Gasteiger partial charge on any atom is -0.461 e. The van der Waals surface area contributed by atoms with Crippen molar-refractivity contribution in [2.45, 2.75) is 19.9 Å². The van der Waals surface area contributed by atoms with Crippen LogP contribution >= 0.6 is 0 Å². The summed E-state index contributed by atoms with van der Waals surface area (Å²) < 4.78 is 5.96. The van der Waals surface area contributed by atoms with E-state index < -0.39 is 0 Å². The molecule has 0 bridgehead atoms. The number of benzene rings is 2. The van der Waals surface area contributed by atoms with Crippen LogP contribution in [0.25, 0.3) is 22.4 Å². The van der Waals surface area contributed by atoms with E-state index in [4.69, 9.17) is 4.42 Å². The lowest BCUT2D eigenvalue weighted by Gasteiger charge is -2.08. The van der Waals surface area contributed by atoms with Crippen LogP contribution in [0.15, 0.2) is 59.3 Å². The summed E-state index contributed by atoms with van der Waals surface area (Å²) >= 11 is 0. The Morgan fingerprint density at radius 2 is 2.04 bits per heavy atom. The molecule has 0 fully saturated rings. The Labute approximate surface area is 139 Å². The molecule has 0 aliphatic carbocycles. The number of hydrogen-bond acceptors (Lipinski definition) is 4. The Morgan fingerprint density at radius 1 is 1.12 bits per heavy atom. The standard InChI is InChI=1S/C19H18N4O/c1-2-17-16(15-8-3-4-9-18(15)24-17)11-20-14-7-5-6-13(10-14)19-21-12-22-23-19/h3-10,12,20H,2,11H2,1H3,(H,21,22,23). The van der Waals surface area contributed by atoms with Gasteiger partial charge in [0.25, 0.3) is 0 Å². The Bertz CT molecular complexity index is 957. The first-order valence-corrected chi connectivity index (χ1v) is 8.04. The van der Waals surface area contributed by atoms with Crippen LogP contribution < -0.4 is 5.32 Å². The topological polar surface area (TPSA) is 66.7 Å². The lowest BCUT2D eigenvalue weighted by atomic mass is 10.1. The molecule has 5 heteroatoms. The van der Waals surface area contributed by atoms with Crippen LogP contribution in [0.1, 0.15) is 18.2 Å². The molecule has 0 saturated carbocycles. The number of aromatic amines is 1. The number of aryl methyl sites for hydroxylation is 1. The number of nitrogens with one attached hydrogen (secondary N) is 2. The van der Waals surface area contributed by atoms with Crippen molar-refractivity contribution in [3.05, 3.63) is 66.2 Å². The van der Waals surface area contributed by atoms with Gasteiger partial charge in [-0.25, -0.2) is 4.98 Å². The predicted molar refractivity (Wildman–Crippen MR) is 94.7 cm³/mol. The van der Waals surface area contributed by atoms with Crippen LogP contribution in [-0.2, 0) is 13.0 Å². The summed E-state index contributed by atoms with van der Waals surface area (Å²) in [5.41, 5.74) is 4.21. The van der Waals surface area contributed by atoms with Gasteiger partial charge in [-0.05, 0) is 18.2 Å². The van der Waals surface area contributed by atoms with Gasteiger partial charge in [0, 0.05) is 35.2 Å². The monoisotopic (exact) mass is 318 g/mol. The maximum atomic E-state index is 5.96. The number of rotatable bonds is 5. The summed E-state index contributed by atoms with van der Waals surface area (Å²) in [6.07, 6.45) is 2.39. The molecule has 0 radical (unpaired) electrons. The molecule has 2 N–H and O–H groups in total. The van der Waals surface area contributed by atoms with Crippen molar-refractivity contribution in [3.8, 4) is 11.4 Å². The fourth-order valence-electron chi connectivity index (χ4n) is 2.94. The molecular weight excluding hydrogens is 300 g/mol. The van der Waals surface area contributed by atoms with Gasteiger partial charge in [0.1, 0.15) is 17.7 Å². The number of H-pyrrole nitrogens is 1. The third-order valence-electron chi connectivity index (χ3n) is 4.12. The zero-order chi connectivity index (χ0) is 16.4. The van der Waals surface area contributed by atoms with Crippen LogP contribution in [-0.4, -0.2) is 15.2 Å². The van der Waals surface area contributed by atoms with Gasteiger partial charge >= 0.3 is 0 Å². The van der Waals surface area contributed by atoms with Crippen molar-refractivity contribution in [1.29, 1.82) is 0 Å². The lowest BCUT2D eigenvalue weighted by molar-refractivity contribution is 0.551. The van der Waals surface area contributed by atoms with Gasteiger partial charge in [-0.1, -0.05) is 37.3 Å². The smallest absolute Gasteiger partial charge is 0.155 e. The summed E-state index contributed by atoms with van der Waals surface area (Å²) in [5.74, 6) is 1.80. The normalized spacial score (nSPS) is 11.0. The fraction of sp³-hybridized carbons (Fsp3) is 0.158. The van der Waals surface area contributed by atoms with Crippen molar-refractivity contribution in [3.63, 3.8) is 0 Å². The van der Waals surface area contributed by atoms with Crippen molar-refractivity contribution in [2.75, 3.05) is 5.32 Å². The predicted octanol–water partition coefficient (Wildman–Crippen LogP) is 4.39. The molecular formula is C19H18N4O. The molecule has 5 nitrogen and oxygen atoms in total. The van der Waals surface area contributed by atoms with Crippen LogP contribution in [0, 0.1) is 0 Å². The highest BCUT2D eigenvalue weighted by Gasteiger charge is 2.12. The summed E-state index contributed by atoms with van der Waals surface area (Å²) in [4.78, 5) is 4.20. The zero-order valence-corrected chi connectivity index (χ0v) is 13.4. The average molecular weight is 318 g/mol. The first kappa shape index (κ1) is 14.5. The summed E-state index contributed by atoms with van der Waals surface area (Å²) in [6, 6.07) is 16.3.